The molecule has 5 heteroatoms. The van der Waals surface area contributed by atoms with Crippen molar-refractivity contribution >= 4 is 21.6 Å². The summed E-state index contributed by atoms with van der Waals surface area (Å²) in [4.78, 5) is 13.6. The van der Waals surface area contributed by atoms with Crippen LogP contribution in [0.2, 0.25) is 0 Å². The van der Waals surface area contributed by atoms with Crippen molar-refractivity contribution in [2.24, 2.45) is 0 Å². The van der Waals surface area contributed by atoms with Crippen LogP contribution in [0.5, 0.6) is 0 Å². The molecule has 4 nitrogen and oxygen atoms in total. The van der Waals surface area contributed by atoms with Crippen LogP contribution in [0.15, 0.2) is 17.1 Å². The molecule has 0 saturated heterocycles. The number of nitrogens with zero attached hydrogens (tertiary/aromatic N) is 3. The summed E-state index contributed by atoms with van der Waals surface area (Å²) in [5.41, 5.74) is 0.836. The van der Waals surface area contributed by atoms with Gasteiger partial charge in [-0.1, -0.05) is 22.9 Å². The lowest BCUT2D eigenvalue weighted by molar-refractivity contribution is 0.621. The van der Waals surface area contributed by atoms with Gasteiger partial charge in [0.15, 0.2) is 0 Å². The lowest BCUT2D eigenvalue weighted by atomic mass is 10.3. The monoisotopic (exact) mass is 273 g/mol. The van der Waals surface area contributed by atoms with Crippen LogP contribution in [0.4, 0.5) is 5.69 Å². The molecule has 0 atom stereocenters. The molecule has 0 fully saturated rings. The molecule has 0 aliphatic rings. The Labute approximate surface area is 98.0 Å². The molecule has 0 unspecified atom stereocenters. The fourth-order valence-electron chi connectivity index (χ4n) is 1.35. The van der Waals surface area contributed by atoms with Crippen molar-refractivity contribution in [1.82, 2.24) is 9.78 Å². The molecule has 1 heterocycles. The Hall–Kier alpha value is -0.840. The van der Waals surface area contributed by atoms with Gasteiger partial charge in [-0.15, -0.1) is 0 Å². The summed E-state index contributed by atoms with van der Waals surface area (Å²) in [5, 5.41) is 4.84. The average molecular weight is 274 g/mol. The van der Waals surface area contributed by atoms with Crippen LogP contribution in [0.25, 0.3) is 0 Å². The van der Waals surface area contributed by atoms with E-state index in [1.54, 1.807) is 12.3 Å². The fraction of sp³-hybridized carbons (Fsp3) is 0.600. The molecular weight excluding hydrogens is 258 g/mol. The second kappa shape index (κ2) is 5.90. The Balaban J connectivity index is 2.86. The standard InChI is InChI=1S/C10H16BrN3O/c1-3-5-13(2)9-7-10(15)14(6-4-11)12-8-9/h7-8H,3-6H2,1-2H3. The van der Waals surface area contributed by atoms with Crippen molar-refractivity contribution in [1.29, 1.82) is 0 Å². The van der Waals surface area contributed by atoms with Gasteiger partial charge in [-0.3, -0.25) is 4.79 Å². The molecule has 0 radical (unpaired) electrons. The van der Waals surface area contributed by atoms with Gasteiger partial charge in [0.2, 0.25) is 0 Å². The summed E-state index contributed by atoms with van der Waals surface area (Å²) < 4.78 is 1.46. The Morgan fingerprint density at radius 2 is 2.33 bits per heavy atom. The molecule has 0 bridgehead atoms. The number of hydrogen-bond donors (Lipinski definition) is 0. The van der Waals surface area contributed by atoms with Gasteiger partial charge in [0.25, 0.3) is 5.56 Å². The Kier molecular flexibility index (Phi) is 4.81. The molecule has 0 amide bonds. The number of rotatable bonds is 5. The zero-order valence-corrected chi connectivity index (χ0v) is 10.7. The minimum absolute atomic E-state index is 0.0464. The number of halogens is 1. The van der Waals surface area contributed by atoms with Crippen molar-refractivity contribution in [2.45, 2.75) is 19.9 Å². The molecule has 15 heavy (non-hydrogen) atoms. The number of hydrogen-bond acceptors (Lipinski definition) is 3. The molecule has 1 aromatic rings. The quantitative estimate of drug-likeness (QED) is 0.763. The van der Waals surface area contributed by atoms with E-state index < -0.39 is 0 Å². The SMILES string of the molecule is CCCN(C)c1cnn(CCBr)c(=O)c1. The first kappa shape index (κ1) is 12.2. The summed E-state index contributed by atoms with van der Waals surface area (Å²) in [5.74, 6) is 0. The van der Waals surface area contributed by atoms with Crippen molar-refractivity contribution in [3.63, 3.8) is 0 Å². The van der Waals surface area contributed by atoms with E-state index in [-0.39, 0.29) is 5.56 Å². The third kappa shape index (κ3) is 3.34. The molecule has 0 spiro atoms. The highest BCUT2D eigenvalue weighted by Crippen LogP contribution is 2.06. The van der Waals surface area contributed by atoms with Gasteiger partial charge in [-0.25, -0.2) is 4.68 Å². The number of anilines is 1. The molecular formula is C10H16BrN3O. The van der Waals surface area contributed by atoms with Crippen LogP contribution in [-0.4, -0.2) is 28.7 Å². The normalized spacial score (nSPS) is 10.3. The van der Waals surface area contributed by atoms with Gasteiger partial charge in [0.05, 0.1) is 18.4 Å². The van der Waals surface area contributed by atoms with Crippen molar-refractivity contribution in [3.8, 4) is 0 Å². The second-order valence-electron chi connectivity index (χ2n) is 3.39. The molecule has 1 rings (SSSR count). The molecule has 0 aliphatic carbocycles. The summed E-state index contributed by atoms with van der Waals surface area (Å²) in [7, 11) is 1.97. The minimum Gasteiger partial charge on any atom is -0.373 e. The highest BCUT2D eigenvalue weighted by molar-refractivity contribution is 9.09. The molecule has 0 aromatic carbocycles. The summed E-state index contributed by atoms with van der Waals surface area (Å²) in [6.45, 7) is 3.65. The van der Waals surface area contributed by atoms with Gasteiger partial charge in [-0.05, 0) is 6.42 Å². The number of aryl methyl sites for hydroxylation is 1. The third-order valence-electron chi connectivity index (χ3n) is 2.15. The molecule has 0 aliphatic heterocycles. The molecule has 0 N–H and O–H groups in total. The van der Waals surface area contributed by atoms with E-state index in [0.717, 1.165) is 24.0 Å². The number of alkyl halides is 1. The topological polar surface area (TPSA) is 38.1 Å². The van der Waals surface area contributed by atoms with Gasteiger partial charge in [-0.2, -0.15) is 5.10 Å². The van der Waals surface area contributed by atoms with E-state index in [4.69, 9.17) is 0 Å². The first-order chi connectivity index (χ1) is 7.19. The van der Waals surface area contributed by atoms with Gasteiger partial charge in [0.1, 0.15) is 0 Å². The van der Waals surface area contributed by atoms with Crippen LogP contribution in [0, 0.1) is 0 Å². The van der Waals surface area contributed by atoms with Crippen molar-refractivity contribution < 1.29 is 0 Å². The Morgan fingerprint density at radius 1 is 1.60 bits per heavy atom. The predicted molar refractivity (Wildman–Crippen MR) is 65.9 cm³/mol. The van der Waals surface area contributed by atoms with Gasteiger partial charge in [0, 0.05) is 25.0 Å². The van der Waals surface area contributed by atoms with E-state index in [1.807, 2.05) is 11.9 Å². The van der Waals surface area contributed by atoms with Crippen LogP contribution >= 0.6 is 15.9 Å². The molecule has 1 aromatic heterocycles. The molecule has 0 saturated carbocycles. The smallest absolute Gasteiger partial charge is 0.268 e. The minimum atomic E-state index is -0.0464. The number of aromatic nitrogens is 2. The van der Waals surface area contributed by atoms with Crippen LogP contribution in [0.3, 0.4) is 0 Å². The first-order valence-corrected chi connectivity index (χ1v) is 6.15. The largest absolute Gasteiger partial charge is 0.373 e. The summed E-state index contributed by atoms with van der Waals surface area (Å²) in [6.07, 6.45) is 2.79. The maximum absolute atomic E-state index is 11.6. The van der Waals surface area contributed by atoms with Gasteiger partial charge < -0.3 is 4.90 Å². The van der Waals surface area contributed by atoms with Crippen molar-refractivity contribution in [3.05, 3.63) is 22.6 Å². The van der Waals surface area contributed by atoms with E-state index in [0.29, 0.717) is 6.54 Å². The maximum atomic E-state index is 11.6. The highest BCUT2D eigenvalue weighted by atomic mass is 79.9. The predicted octanol–water partition coefficient (Wildman–Crippen LogP) is 1.48. The van der Waals surface area contributed by atoms with E-state index >= 15 is 0 Å². The van der Waals surface area contributed by atoms with Crippen LogP contribution in [0.1, 0.15) is 13.3 Å². The fourth-order valence-corrected chi connectivity index (χ4v) is 1.68. The van der Waals surface area contributed by atoms with E-state index in [9.17, 15) is 4.79 Å². The van der Waals surface area contributed by atoms with Crippen molar-refractivity contribution in [2.75, 3.05) is 23.8 Å². The Bertz CT molecular complexity index is 364. The van der Waals surface area contributed by atoms with Gasteiger partial charge >= 0.3 is 0 Å². The average Bonchev–Trinajstić information content (AvgIpc) is 2.21. The highest BCUT2D eigenvalue weighted by Gasteiger charge is 2.03. The summed E-state index contributed by atoms with van der Waals surface area (Å²) >= 11 is 3.28. The van der Waals surface area contributed by atoms with Crippen LogP contribution in [-0.2, 0) is 6.54 Å². The van der Waals surface area contributed by atoms with Crippen LogP contribution < -0.4 is 10.5 Å². The zero-order chi connectivity index (χ0) is 11.3. The third-order valence-corrected chi connectivity index (χ3v) is 2.51. The van der Waals surface area contributed by atoms with E-state index in [2.05, 4.69) is 28.0 Å². The lowest BCUT2D eigenvalue weighted by Gasteiger charge is -2.17. The first-order valence-electron chi connectivity index (χ1n) is 5.03. The molecule has 84 valence electrons. The lowest BCUT2D eigenvalue weighted by Crippen LogP contribution is -2.26. The summed E-state index contributed by atoms with van der Waals surface area (Å²) in [6, 6.07) is 1.63. The second-order valence-corrected chi connectivity index (χ2v) is 4.18. The maximum Gasteiger partial charge on any atom is 0.268 e. The zero-order valence-electron chi connectivity index (χ0n) is 9.11. The Morgan fingerprint density at radius 3 is 2.87 bits per heavy atom. The van der Waals surface area contributed by atoms with E-state index in [1.165, 1.54) is 4.68 Å².